The zero-order valence-corrected chi connectivity index (χ0v) is 35.4. The molecule has 52 heavy (non-hydrogen) atoms. The molecular weight excluding hydrogens is 671 g/mol. The Labute approximate surface area is 323 Å². The van der Waals surface area contributed by atoms with E-state index in [1.165, 1.54) is 180 Å². The fourth-order valence-corrected chi connectivity index (χ4v) is 8.16. The lowest BCUT2D eigenvalue weighted by molar-refractivity contribution is -0.131. The number of rotatable bonds is 42. The lowest BCUT2D eigenvalue weighted by Crippen LogP contribution is -2.50. The lowest BCUT2D eigenvalue weighted by Gasteiger charge is -2.24. The van der Waals surface area contributed by atoms with Crippen molar-refractivity contribution in [2.75, 3.05) is 5.75 Å². The van der Waals surface area contributed by atoms with Crippen LogP contribution in [0.5, 0.6) is 0 Å². The second kappa shape index (κ2) is 38.6. The molecule has 4 N–H and O–H groups in total. The van der Waals surface area contributed by atoms with Crippen molar-refractivity contribution in [3.8, 4) is 0 Å². The number of hydrogen-bond donors (Lipinski definition) is 4. The van der Waals surface area contributed by atoms with Gasteiger partial charge in [0.2, 0.25) is 5.91 Å². The Morgan fingerprint density at radius 2 is 0.692 bits per heavy atom. The number of nitrogens with one attached hydrogen (secondary N) is 1. The molecule has 3 atom stereocenters. The number of carbonyl (C=O) groups excluding carboxylic acids is 1. The summed E-state index contributed by atoms with van der Waals surface area (Å²) in [6.45, 7) is 4.53. The lowest BCUT2D eigenvalue weighted by atomic mass is 10.0. The van der Waals surface area contributed by atoms with Crippen molar-refractivity contribution in [2.24, 2.45) is 0 Å². The summed E-state index contributed by atoms with van der Waals surface area (Å²) in [5, 5.41) is 23.6. The third-order valence-corrected chi connectivity index (χ3v) is 11.7. The topological polar surface area (TPSA) is 124 Å². The van der Waals surface area contributed by atoms with Gasteiger partial charge >= 0.3 is 0 Å². The van der Waals surface area contributed by atoms with Crippen LogP contribution in [0.2, 0.25) is 0 Å². The van der Waals surface area contributed by atoms with E-state index in [0.29, 0.717) is 12.8 Å². The van der Waals surface area contributed by atoms with E-state index in [1.807, 2.05) is 0 Å². The van der Waals surface area contributed by atoms with E-state index in [-0.39, 0.29) is 0 Å². The van der Waals surface area contributed by atoms with E-state index in [9.17, 15) is 28.0 Å². The highest BCUT2D eigenvalue weighted by Gasteiger charge is 2.28. The highest BCUT2D eigenvalue weighted by atomic mass is 32.2. The molecule has 1 amide bonds. The summed E-state index contributed by atoms with van der Waals surface area (Å²) in [7, 11) is -4.40. The molecule has 3 unspecified atom stereocenters. The van der Waals surface area contributed by atoms with E-state index in [0.717, 1.165) is 44.9 Å². The molecule has 312 valence electrons. The number of unbranched alkanes of at least 4 members (excludes halogenated alkanes) is 33. The minimum Gasteiger partial charge on any atom is -0.391 e. The standard InChI is InChI=1S/C44H89NO6S/c1-3-5-7-9-11-13-15-17-19-20-21-22-23-25-26-28-30-32-34-36-38-42(46)41(40-52(49,50)51)45-44(48)43(47)39-37-35-33-31-29-27-24-18-16-14-12-10-8-6-4-2/h41-43,46-47H,3-40H2,1-2H3,(H,45,48)(H,49,50,51). The monoisotopic (exact) mass is 760 g/mol. The van der Waals surface area contributed by atoms with Gasteiger partial charge in [0.1, 0.15) is 6.10 Å². The SMILES string of the molecule is CCCCCCCCCCCCCCCCCCCCCCC(O)C(CS(=O)(=O)O)NC(=O)C(O)CCCCCCCCCCCCCCCCC. The van der Waals surface area contributed by atoms with Crippen molar-refractivity contribution in [3.63, 3.8) is 0 Å². The molecule has 0 saturated heterocycles. The van der Waals surface area contributed by atoms with Gasteiger partial charge in [-0.05, 0) is 12.8 Å². The van der Waals surface area contributed by atoms with E-state index in [4.69, 9.17) is 0 Å². The molecule has 0 fully saturated rings. The van der Waals surface area contributed by atoms with Crippen LogP contribution in [0.15, 0.2) is 0 Å². The normalized spacial score (nSPS) is 13.7. The number of amides is 1. The van der Waals surface area contributed by atoms with Crippen LogP contribution in [0.4, 0.5) is 0 Å². The van der Waals surface area contributed by atoms with Crippen molar-refractivity contribution in [3.05, 3.63) is 0 Å². The van der Waals surface area contributed by atoms with Gasteiger partial charge < -0.3 is 15.5 Å². The molecule has 0 saturated carbocycles. The van der Waals surface area contributed by atoms with E-state index >= 15 is 0 Å². The number of aliphatic hydroxyl groups is 2. The molecule has 8 heteroatoms. The van der Waals surface area contributed by atoms with E-state index in [1.54, 1.807) is 0 Å². The average Bonchev–Trinajstić information content (AvgIpc) is 3.11. The maximum absolute atomic E-state index is 12.6. The van der Waals surface area contributed by atoms with Crippen LogP contribution < -0.4 is 5.32 Å². The van der Waals surface area contributed by atoms with Crippen LogP contribution in [-0.4, -0.2) is 53.1 Å². The molecule has 0 aliphatic carbocycles. The molecule has 0 bridgehead atoms. The van der Waals surface area contributed by atoms with Gasteiger partial charge in [0.25, 0.3) is 10.1 Å². The van der Waals surface area contributed by atoms with Crippen molar-refractivity contribution in [1.82, 2.24) is 5.32 Å². The molecule has 0 aliphatic heterocycles. The van der Waals surface area contributed by atoms with Crippen LogP contribution in [0.25, 0.3) is 0 Å². The second-order valence-corrected chi connectivity index (χ2v) is 17.7. The number of hydrogen-bond acceptors (Lipinski definition) is 5. The van der Waals surface area contributed by atoms with Crippen LogP contribution >= 0.6 is 0 Å². The highest BCUT2D eigenvalue weighted by Crippen LogP contribution is 2.17. The van der Waals surface area contributed by atoms with Crippen LogP contribution in [0, 0.1) is 0 Å². The van der Waals surface area contributed by atoms with E-state index in [2.05, 4.69) is 19.2 Å². The first-order chi connectivity index (χ1) is 25.2. The molecule has 7 nitrogen and oxygen atoms in total. The van der Waals surface area contributed by atoms with Crippen molar-refractivity contribution < 1.29 is 28.0 Å². The maximum Gasteiger partial charge on any atom is 0.266 e. The van der Waals surface area contributed by atoms with Crippen LogP contribution in [0.1, 0.15) is 251 Å². The Morgan fingerprint density at radius 3 is 0.962 bits per heavy atom. The minimum absolute atomic E-state index is 0.304. The Balaban J connectivity index is 3.87. The van der Waals surface area contributed by atoms with Gasteiger partial charge in [0.15, 0.2) is 0 Å². The molecule has 0 aromatic rings. The quantitative estimate of drug-likeness (QED) is 0.0363. The molecule has 0 heterocycles. The number of carbonyl (C=O) groups is 1. The van der Waals surface area contributed by atoms with Crippen molar-refractivity contribution >= 4 is 16.0 Å². The number of aliphatic hydroxyl groups excluding tert-OH is 2. The minimum atomic E-state index is -4.40. The molecule has 0 spiro atoms. The fraction of sp³-hybridized carbons (Fsp3) is 0.977. The predicted octanol–water partition coefficient (Wildman–Crippen LogP) is 12.6. The van der Waals surface area contributed by atoms with Gasteiger partial charge in [0, 0.05) is 0 Å². The van der Waals surface area contributed by atoms with Gasteiger partial charge in [-0.3, -0.25) is 9.35 Å². The summed E-state index contributed by atoms with van der Waals surface area (Å²) in [5.74, 6) is -1.44. The smallest absolute Gasteiger partial charge is 0.266 e. The Bertz CT molecular complexity index is 854. The van der Waals surface area contributed by atoms with Gasteiger partial charge in [-0.1, -0.05) is 239 Å². The third-order valence-electron chi connectivity index (χ3n) is 10.9. The van der Waals surface area contributed by atoms with Gasteiger partial charge in [-0.25, -0.2) is 0 Å². The maximum atomic E-state index is 12.6. The summed E-state index contributed by atoms with van der Waals surface area (Å²) < 4.78 is 32.7. The van der Waals surface area contributed by atoms with Gasteiger partial charge in [-0.2, -0.15) is 8.42 Å². The first kappa shape index (κ1) is 51.3. The molecule has 0 rings (SSSR count). The fourth-order valence-electron chi connectivity index (χ4n) is 7.40. The summed E-state index contributed by atoms with van der Waals surface area (Å²) in [6.07, 6.45) is 42.6. The first-order valence-corrected chi connectivity index (χ1v) is 24.4. The summed E-state index contributed by atoms with van der Waals surface area (Å²) in [6, 6.07) is -1.14. The molecule has 0 aliphatic rings. The largest absolute Gasteiger partial charge is 0.391 e. The summed E-state index contributed by atoms with van der Waals surface area (Å²) >= 11 is 0. The molecular formula is C44H89NO6S. The van der Waals surface area contributed by atoms with Crippen molar-refractivity contribution in [1.29, 1.82) is 0 Å². The third kappa shape index (κ3) is 37.6. The van der Waals surface area contributed by atoms with Gasteiger partial charge in [-0.15, -0.1) is 0 Å². The van der Waals surface area contributed by atoms with Crippen LogP contribution in [0.3, 0.4) is 0 Å². The highest BCUT2D eigenvalue weighted by molar-refractivity contribution is 7.85. The summed E-state index contributed by atoms with van der Waals surface area (Å²) in [5.41, 5.74) is 0. The first-order valence-electron chi connectivity index (χ1n) is 22.8. The van der Waals surface area contributed by atoms with E-state index < -0.39 is 40.0 Å². The second-order valence-electron chi connectivity index (χ2n) is 16.2. The molecule has 0 aromatic carbocycles. The Kier molecular flexibility index (Phi) is 38.1. The van der Waals surface area contributed by atoms with Gasteiger partial charge in [0.05, 0.1) is 17.9 Å². The zero-order chi connectivity index (χ0) is 38.4. The Morgan fingerprint density at radius 1 is 0.442 bits per heavy atom. The predicted molar refractivity (Wildman–Crippen MR) is 223 cm³/mol. The average molecular weight is 760 g/mol. The van der Waals surface area contributed by atoms with Crippen LogP contribution in [-0.2, 0) is 14.9 Å². The molecule has 0 radical (unpaired) electrons. The summed E-state index contributed by atoms with van der Waals surface area (Å²) in [4.78, 5) is 12.6. The Hall–Kier alpha value is -0.700. The zero-order valence-electron chi connectivity index (χ0n) is 34.6. The van der Waals surface area contributed by atoms with Crippen molar-refractivity contribution in [2.45, 2.75) is 270 Å². The molecule has 0 aromatic heterocycles.